The molecule has 4 aliphatic carbocycles. The van der Waals surface area contributed by atoms with Gasteiger partial charge in [-0.25, -0.2) is 9.59 Å². The molecule has 0 aromatic rings. The molecule has 1 N–H and O–H groups in total. The number of halogens is 1. The number of fused-ring (bicyclic) bond motifs is 5. The zero-order valence-corrected chi connectivity index (χ0v) is 19.5. The molecule has 32 heavy (non-hydrogen) atoms. The minimum atomic E-state index is -1.57. The van der Waals surface area contributed by atoms with E-state index in [9.17, 15) is 19.5 Å². The van der Waals surface area contributed by atoms with E-state index < -0.39 is 34.7 Å². The summed E-state index contributed by atoms with van der Waals surface area (Å²) in [6.45, 7) is 5.77. The molecule has 0 spiro atoms. The van der Waals surface area contributed by atoms with Crippen molar-refractivity contribution in [3.63, 3.8) is 0 Å². The third-order valence-corrected chi connectivity index (χ3v) is 8.76. The molecule has 0 bridgehead atoms. The maximum Gasteiger partial charge on any atom is 0.509 e. The van der Waals surface area contributed by atoms with Gasteiger partial charge in [0.2, 0.25) is 5.60 Å². The lowest BCUT2D eigenvalue weighted by Crippen LogP contribution is -2.62. The zero-order chi connectivity index (χ0) is 23.3. The van der Waals surface area contributed by atoms with Crippen LogP contribution >= 0.6 is 11.6 Å². The van der Waals surface area contributed by atoms with Gasteiger partial charge in [0.15, 0.2) is 11.8 Å². The molecule has 7 nitrogen and oxygen atoms in total. The van der Waals surface area contributed by atoms with E-state index >= 15 is 0 Å². The number of hydrogen-bond donors (Lipinski definition) is 1. The molecule has 176 valence electrons. The summed E-state index contributed by atoms with van der Waals surface area (Å²) in [4.78, 5) is 37.5. The minimum Gasteiger partial charge on any atom is -0.446 e. The summed E-state index contributed by atoms with van der Waals surface area (Å²) in [5, 5.41) is 11.5. The van der Waals surface area contributed by atoms with Crippen molar-refractivity contribution in [2.24, 2.45) is 28.6 Å². The van der Waals surface area contributed by atoms with E-state index in [1.54, 1.807) is 19.1 Å². The SMILES string of the molecule is CCOC(=O)O[C@@]1(C(=O)OCCl)CC[C@@H]2[C@H]3CCC4=CC(=O)C=C[C@]4(C)[C@@H]3[C@@H](O)C[C@@]21C. The number of alkyl halides is 1. The molecule has 0 aliphatic heterocycles. The Kier molecular flexibility index (Phi) is 5.95. The van der Waals surface area contributed by atoms with Crippen LogP contribution < -0.4 is 0 Å². The highest BCUT2D eigenvalue weighted by molar-refractivity contribution is 6.17. The van der Waals surface area contributed by atoms with Crippen LogP contribution in [0.5, 0.6) is 0 Å². The molecule has 0 radical (unpaired) electrons. The van der Waals surface area contributed by atoms with Crippen molar-refractivity contribution in [2.45, 2.75) is 64.6 Å². The number of rotatable bonds is 4. The molecule has 0 aromatic carbocycles. The minimum absolute atomic E-state index is 0.0161. The first-order valence-electron chi connectivity index (χ1n) is 11.3. The second-order valence-electron chi connectivity index (χ2n) is 9.90. The van der Waals surface area contributed by atoms with E-state index in [1.165, 1.54) is 0 Å². The number of carbonyl (C=O) groups excluding carboxylic acids is 3. The van der Waals surface area contributed by atoms with Crippen molar-refractivity contribution < 1.29 is 33.7 Å². The number of esters is 1. The number of allylic oxidation sites excluding steroid dienone is 4. The monoisotopic (exact) mass is 466 g/mol. The Balaban J connectivity index is 1.73. The van der Waals surface area contributed by atoms with Crippen LogP contribution in [-0.4, -0.2) is 47.4 Å². The Morgan fingerprint density at radius 2 is 2.00 bits per heavy atom. The average molecular weight is 467 g/mol. The highest BCUT2D eigenvalue weighted by Gasteiger charge is 2.71. The highest BCUT2D eigenvalue weighted by atomic mass is 35.5. The fourth-order valence-corrected chi connectivity index (χ4v) is 7.41. The van der Waals surface area contributed by atoms with Crippen LogP contribution in [0.2, 0.25) is 0 Å². The molecule has 0 aromatic heterocycles. The Bertz CT molecular complexity index is 882. The number of hydrogen-bond acceptors (Lipinski definition) is 7. The van der Waals surface area contributed by atoms with Gasteiger partial charge in [0.05, 0.1) is 12.7 Å². The maximum absolute atomic E-state index is 13.2. The topological polar surface area (TPSA) is 99.1 Å². The molecule has 8 heteroatoms. The van der Waals surface area contributed by atoms with Crippen LogP contribution in [0.3, 0.4) is 0 Å². The summed E-state index contributed by atoms with van der Waals surface area (Å²) in [5.41, 5.74) is -1.76. The summed E-state index contributed by atoms with van der Waals surface area (Å²) >= 11 is 5.70. The van der Waals surface area contributed by atoms with Crippen molar-refractivity contribution in [2.75, 3.05) is 12.7 Å². The summed E-state index contributed by atoms with van der Waals surface area (Å²) in [6.07, 6.45) is 6.31. The number of ketones is 1. The lowest BCUT2D eigenvalue weighted by atomic mass is 9.46. The van der Waals surface area contributed by atoms with Crippen LogP contribution in [-0.2, 0) is 23.8 Å². The van der Waals surface area contributed by atoms with E-state index in [-0.39, 0.29) is 49.1 Å². The Hall–Kier alpha value is -1.86. The quantitative estimate of drug-likeness (QED) is 0.495. The van der Waals surface area contributed by atoms with E-state index in [0.717, 1.165) is 18.4 Å². The van der Waals surface area contributed by atoms with Crippen LogP contribution in [0.1, 0.15) is 52.9 Å². The molecule has 0 amide bonds. The number of aliphatic hydroxyl groups is 1. The molecule has 3 saturated carbocycles. The van der Waals surface area contributed by atoms with Crippen LogP contribution in [0, 0.1) is 28.6 Å². The van der Waals surface area contributed by atoms with Gasteiger partial charge in [-0.05, 0) is 63.0 Å². The molecule has 0 saturated heterocycles. The van der Waals surface area contributed by atoms with Gasteiger partial charge in [0, 0.05) is 16.7 Å². The number of ether oxygens (including phenoxy) is 3. The van der Waals surface area contributed by atoms with Gasteiger partial charge < -0.3 is 19.3 Å². The fraction of sp³-hybridized carbons (Fsp3) is 0.708. The molecular formula is C24H31ClO7. The normalized spacial score (nSPS) is 42.3. The molecule has 4 aliphatic rings. The van der Waals surface area contributed by atoms with Crippen LogP contribution in [0.15, 0.2) is 23.8 Å². The van der Waals surface area contributed by atoms with Gasteiger partial charge in [-0.2, -0.15) is 0 Å². The summed E-state index contributed by atoms with van der Waals surface area (Å²) in [5.74, 6) is -0.676. The summed E-state index contributed by atoms with van der Waals surface area (Å²) < 4.78 is 15.9. The molecular weight excluding hydrogens is 436 g/mol. The third-order valence-electron chi connectivity index (χ3n) is 8.65. The summed E-state index contributed by atoms with van der Waals surface area (Å²) in [6, 6.07) is -0.354. The highest BCUT2D eigenvalue weighted by Crippen LogP contribution is 2.68. The van der Waals surface area contributed by atoms with Crippen molar-refractivity contribution in [1.29, 1.82) is 0 Å². The van der Waals surface area contributed by atoms with Crippen molar-refractivity contribution in [3.8, 4) is 0 Å². The molecule has 0 heterocycles. The smallest absolute Gasteiger partial charge is 0.446 e. The molecule has 3 fully saturated rings. The van der Waals surface area contributed by atoms with Gasteiger partial charge in [-0.15, -0.1) is 0 Å². The van der Waals surface area contributed by atoms with Gasteiger partial charge in [0.1, 0.15) is 0 Å². The Morgan fingerprint density at radius 3 is 2.69 bits per heavy atom. The standard InChI is InChI=1S/C24H31ClO7/c1-4-30-21(29)32-24(20(28)31-13-25)10-8-17-16-6-5-14-11-15(26)7-9-22(14,2)19(16)18(27)12-23(17,24)3/h7,9,11,16-19,27H,4-6,8,10,12-13H2,1-3H3/t16-,17-,18+,19+,22+,23+,24-/m1/s1. The van der Waals surface area contributed by atoms with Gasteiger partial charge in [-0.1, -0.05) is 37.1 Å². The molecule has 0 unspecified atom stereocenters. The predicted octanol–water partition coefficient (Wildman–Crippen LogP) is 3.92. The van der Waals surface area contributed by atoms with E-state index in [1.807, 2.05) is 13.0 Å². The van der Waals surface area contributed by atoms with E-state index in [2.05, 4.69) is 6.92 Å². The van der Waals surface area contributed by atoms with Gasteiger partial charge in [-0.3, -0.25) is 4.79 Å². The number of aliphatic hydroxyl groups excluding tert-OH is 1. The van der Waals surface area contributed by atoms with E-state index in [0.29, 0.717) is 6.42 Å². The summed E-state index contributed by atoms with van der Waals surface area (Å²) in [7, 11) is 0. The average Bonchev–Trinajstić information content (AvgIpc) is 3.01. The zero-order valence-electron chi connectivity index (χ0n) is 18.8. The lowest BCUT2D eigenvalue weighted by molar-refractivity contribution is -0.199. The maximum atomic E-state index is 13.2. The van der Waals surface area contributed by atoms with Crippen molar-refractivity contribution in [3.05, 3.63) is 23.8 Å². The fourth-order valence-electron chi connectivity index (χ4n) is 7.31. The van der Waals surface area contributed by atoms with Gasteiger partial charge in [0.25, 0.3) is 0 Å². The van der Waals surface area contributed by atoms with Crippen LogP contribution in [0.25, 0.3) is 0 Å². The second kappa shape index (κ2) is 8.17. The predicted molar refractivity (Wildman–Crippen MR) is 116 cm³/mol. The first-order valence-corrected chi connectivity index (χ1v) is 11.9. The second-order valence-corrected chi connectivity index (χ2v) is 10.1. The Morgan fingerprint density at radius 1 is 1.25 bits per heavy atom. The van der Waals surface area contributed by atoms with Crippen LogP contribution in [0.4, 0.5) is 4.79 Å². The first kappa shape index (κ1) is 23.3. The molecule has 4 rings (SSSR count). The number of carbonyl (C=O) groups is 3. The lowest BCUT2D eigenvalue weighted by Gasteiger charge is -2.59. The third kappa shape index (κ3) is 3.23. The van der Waals surface area contributed by atoms with Crippen molar-refractivity contribution >= 4 is 29.5 Å². The van der Waals surface area contributed by atoms with E-state index in [4.69, 9.17) is 25.8 Å². The largest absolute Gasteiger partial charge is 0.509 e. The van der Waals surface area contributed by atoms with Gasteiger partial charge >= 0.3 is 12.1 Å². The molecule has 7 atom stereocenters. The van der Waals surface area contributed by atoms with Crippen molar-refractivity contribution in [1.82, 2.24) is 0 Å². The Labute approximate surface area is 193 Å². The first-order chi connectivity index (χ1) is 15.1.